The number of hydrogen-bond acceptors (Lipinski definition) is 3. The Kier molecular flexibility index (Phi) is 4.83. The molecule has 0 aliphatic rings. The minimum Gasteiger partial charge on any atom is -0.495 e. The molecule has 0 amide bonds. The van der Waals surface area contributed by atoms with Gasteiger partial charge in [0.1, 0.15) is 11.6 Å². The number of hydrogen-bond donors (Lipinski definition) is 1. The summed E-state index contributed by atoms with van der Waals surface area (Å²) >= 11 is 7.15. The zero-order chi connectivity index (χ0) is 15.8. The zero-order valence-electron chi connectivity index (χ0n) is 13.0. The number of aromatic nitrogens is 1. The first-order valence-corrected chi connectivity index (χ1v) is 8.49. The predicted molar refractivity (Wildman–Crippen MR) is 96.6 cm³/mol. The van der Waals surface area contributed by atoms with Crippen LogP contribution in [0.4, 0.5) is 5.82 Å². The van der Waals surface area contributed by atoms with Crippen molar-refractivity contribution in [3.05, 3.63) is 26.6 Å². The molecular weight excluding hydrogens is 396 g/mol. The number of fused-ring (bicyclic) bond motifs is 1. The molecule has 1 aromatic heterocycles. The summed E-state index contributed by atoms with van der Waals surface area (Å²) in [5.74, 6) is 1.75. The first-order chi connectivity index (χ1) is 9.79. The van der Waals surface area contributed by atoms with Crippen LogP contribution in [0.1, 0.15) is 33.3 Å². The molecule has 2 rings (SSSR count). The molecule has 3 nitrogen and oxygen atoms in total. The summed E-state index contributed by atoms with van der Waals surface area (Å²) in [6.07, 6.45) is 0. The molecular formula is C16H20Br2N2O. The number of benzene rings is 1. The van der Waals surface area contributed by atoms with Gasteiger partial charge < -0.3 is 10.1 Å². The first-order valence-electron chi connectivity index (χ1n) is 6.90. The lowest BCUT2D eigenvalue weighted by atomic mass is 9.86. The van der Waals surface area contributed by atoms with Crippen LogP contribution >= 0.6 is 31.9 Å². The average molecular weight is 416 g/mol. The van der Waals surface area contributed by atoms with Gasteiger partial charge in [-0.15, -0.1) is 0 Å². The fraction of sp³-hybridized carbons (Fsp3) is 0.438. The highest BCUT2D eigenvalue weighted by molar-refractivity contribution is 9.11. The third kappa shape index (κ3) is 3.19. The van der Waals surface area contributed by atoms with Crippen molar-refractivity contribution >= 4 is 48.6 Å². The molecule has 0 spiro atoms. The van der Waals surface area contributed by atoms with E-state index in [1.165, 1.54) is 5.56 Å². The second-order valence-corrected chi connectivity index (χ2v) is 7.64. The van der Waals surface area contributed by atoms with E-state index in [0.717, 1.165) is 38.0 Å². The van der Waals surface area contributed by atoms with Crippen LogP contribution in [0, 0.1) is 0 Å². The summed E-state index contributed by atoms with van der Waals surface area (Å²) in [6, 6.07) is 4.15. The highest BCUT2D eigenvalue weighted by atomic mass is 79.9. The quantitative estimate of drug-likeness (QED) is 0.718. The van der Waals surface area contributed by atoms with E-state index < -0.39 is 0 Å². The van der Waals surface area contributed by atoms with Crippen molar-refractivity contribution in [3.63, 3.8) is 0 Å². The number of nitrogens with one attached hydrogen (secondary N) is 1. The number of pyridine rings is 1. The number of anilines is 1. The number of methoxy groups -OCH3 is 1. The van der Waals surface area contributed by atoms with Crippen molar-refractivity contribution < 1.29 is 4.74 Å². The Bertz CT molecular complexity index is 678. The van der Waals surface area contributed by atoms with Crippen molar-refractivity contribution in [3.8, 4) is 5.75 Å². The molecule has 1 aromatic carbocycles. The Balaban J connectivity index is 2.87. The number of rotatable bonds is 3. The molecule has 0 aliphatic heterocycles. The first kappa shape index (κ1) is 16.6. The second kappa shape index (κ2) is 6.13. The van der Waals surface area contributed by atoms with Gasteiger partial charge in [-0.3, -0.25) is 0 Å². The van der Waals surface area contributed by atoms with E-state index in [1.54, 1.807) is 7.11 Å². The monoisotopic (exact) mass is 414 g/mol. The van der Waals surface area contributed by atoms with Gasteiger partial charge in [0.05, 0.1) is 17.1 Å². The minimum absolute atomic E-state index is 0.00149. The second-order valence-electron chi connectivity index (χ2n) is 5.93. The third-order valence-corrected chi connectivity index (χ3v) is 4.51. The van der Waals surface area contributed by atoms with Crippen LogP contribution in [-0.4, -0.2) is 18.6 Å². The van der Waals surface area contributed by atoms with Crippen LogP contribution in [0.2, 0.25) is 0 Å². The van der Waals surface area contributed by atoms with E-state index in [1.807, 2.05) is 6.07 Å². The number of ether oxygens (including phenoxy) is 1. The largest absolute Gasteiger partial charge is 0.495 e. The molecule has 0 atom stereocenters. The molecule has 0 bridgehead atoms. The molecule has 1 heterocycles. The maximum Gasteiger partial charge on any atom is 0.142 e. The lowest BCUT2D eigenvalue weighted by molar-refractivity contribution is 0.417. The SMILES string of the molecule is CCNc1nc2c(Br)cc(Br)c(OC)c2cc1C(C)(C)C. The maximum atomic E-state index is 5.55. The highest BCUT2D eigenvalue weighted by Crippen LogP contribution is 2.41. The standard InChI is InChI=1S/C16H20Br2N2O/c1-6-19-15-10(16(2,3)4)7-9-13(20-15)11(17)8-12(18)14(9)21-5/h7-8H,6H2,1-5H3,(H,19,20). The van der Waals surface area contributed by atoms with Crippen LogP contribution in [0.3, 0.4) is 0 Å². The van der Waals surface area contributed by atoms with Gasteiger partial charge in [-0.25, -0.2) is 4.98 Å². The zero-order valence-corrected chi connectivity index (χ0v) is 16.1. The molecule has 0 radical (unpaired) electrons. The van der Waals surface area contributed by atoms with Gasteiger partial charge in [-0.1, -0.05) is 20.8 Å². The van der Waals surface area contributed by atoms with Crippen LogP contribution in [0.25, 0.3) is 10.9 Å². The van der Waals surface area contributed by atoms with Gasteiger partial charge >= 0.3 is 0 Å². The Hall–Kier alpha value is -0.810. The molecule has 5 heteroatoms. The lowest BCUT2D eigenvalue weighted by Gasteiger charge is -2.24. The Morgan fingerprint density at radius 3 is 2.38 bits per heavy atom. The van der Waals surface area contributed by atoms with Crippen molar-refractivity contribution in [1.82, 2.24) is 4.98 Å². The molecule has 0 unspecified atom stereocenters. The summed E-state index contributed by atoms with van der Waals surface area (Å²) in [6.45, 7) is 9.49. The molecule has 114 valence electrons. The topological polar surface area (TPSA) is 34.2 Å². The fourth-order valence-electron chi connectivity index (χ4n) is 2.32. The van der Waals surface area contributed by atoms with E-state index in [9.17, 15) is 0 Å². The molecule has 0 fully saturated rings. The normalized spacial score (nSPS) is 11.8. The predicted octanol–water partition coefficient (Wildman–Crippen LogP) is 5.50. The average Bonchev–Trinajstić information content (AvgIpc) is 2.38. The lowest BCUT2D eigenvalue weighted by Crippen LogP contribution is -2.16. The molecule has 21 heavy (non-hydrogen) atoms. The molecule has 1 N–H and O–H groups in total. The smallest absolute Gasteiger partial charge is 0.142 e. The van der Waals surface area contributed by atoms with Gasteiger partial charge in [0, 0.05) is 22.0 Å². The van der Waals surface area contributed by atoms with Crippen molar-refractivity contribution in [2.24, 2.45) is 0 Å². The van der Waals surface area contributed by atoms with Crippen LogP contribution in [0.15, 0.2) is 21.1 Å². The Morgan fingerprint density at radius 1 is 1.19 bits per heavy atom. The summed E-state index contributed by atoms with van der Waals surface area (Å²) in [4.78, 5) is 4.82. The van der Waals surface area contributed by atoms with E-state index in [0.29, 0.717) is 0 Å². The van der Waals surface area contributed by atoms with Gasteiger partial charge in [0.15, 0.2) is 0 Å². The Morgan fingerprint density at radius 2 is 1.86 bits per heavy atom. The molecule has 0 aliphatic carbocycles. The third-order valence-electron chi connectivity index (χ3n) is 3.32. The summed E-state index contributed by atoms with van der Waals surface area (Å²) in [5, 5.41) is 4.37. The number of halogens is 2. The minimum atomic E-state index is -0.00149. The van der Waals surface area contributed by atoms with Crippen LogP contribution < -0.4 is 10.1 Å². The summed E-state index contributed by atoms with van der Waals surface area (Å²) in [7, 11) is 1.68. The molecule has 0 saturated heterocycles. The van der Waals surface area contributed by atoms with Gasteiger partial charge in [-0.2, -0.15) is 0 Å². The van der Waals surface area contributed by atoms with Crippen molar-refractivity contribution in [2.75, 3.05) is 19.0 Å². The van der Waals surface area contributed by atoms with E-state index in [2.05, 4.69) is 70.9 Å². The summed E-state index contributed by atoms with van der Waals surface area (Å²) in [5.41, 5.74) is 2.08. The van der Waals surface area contributed by atoms with Gasteiger partial charge in [0.2, 0.25) is 0 Å². The van der Waals surface area contributed by atoms with Gasteiger partial charge in [0.25, 0.3) is 0 Å². The molecule has 0 saturated carbocycles. The molecule has 2 aromatic rings. The maximum absolute atomic E-state index is 5.55. The summed E-state index contributed by atoms with van der Waals surface area (Å²) < 4.78 is 7.42. The van der Waals surface area contributed by atoms with E-state index >= 15 is 0 Å². The van der Waals surface area contributed by atoms with Crippen molar-refractivity contribution in [2.45, 2.75) is 33.1 Å². The van der Waals surface area contributed by atoms with E-state index in [-0.39, 0.29) is 5.41 Å². The van der Waals surface area contributed by atoms with Crippen LogP contribution in [0.5, 0.6) is 5.75 Å². The van der Waals surface area contributed by atoms with Crippen molar-refractivity contribution in [1.29, 1.82) is 0 Å². The van der Waals surface area contributed by atoms with Gasteiger partial charge in [-0.05, 0) is 56.3 Å². The van der Waals surface area contributed by atoms with E-state index in [4.69, 9.17) is 9.72 Å². The highest BCUT2D eigenvalue weighted by Gasteiger charge is 2.22. The Labute approximate surface area is 142 Å². The fourth-order valence-corrected chi connectivity index (χ4v) is 3.77. The van der Waals surface area contributed by atoms with Crippen LogP contribution in [-0.2, 0) is 5.41 Å². The number of nitrogens with zero attached hydrogens (tertiary/aromatic N) is 1.